The third-order valence-electron chi connectivity index (χ3n) is 2.71. The van der Waals surface area contributed by atoms with Gasteiger partial charge in [-0.15, -0.1) is 0 Å². The Labute approximate surface area is 132 Å². The van der Waals surface area contributed by atoms with Crippen molar-refractivity contribution >= 4 is 34.8 Å². The molecule has 0 bridgehead atoms. The van der Waals surface area contributed by atoms with Gasteiger partial charge in [-0.3, -0.25) is 4.79 Å². The lowest BCUT2D eigenvalue weighted by Crippen LogP contribution is -2.13. The lowest BCUT2D eigenvalue weighted by molar-refractivity contribution is 0.102. The van der Waals surface area contributed by atoms with E-state index in [4.69, 9.17) is 27.9 Å². The van der Waals surface area contributed by atoms with Crippen LogP contribution in [0.4, 0.5) is 5.69 Å². The predicted molar refractivity (Wildman–Crippen MR) is 83.7 cm³/mol. The van der Waals surface area contributed by atoms with Crippen molar-refractivity contribution in [3.05, 3.63) is 52.0 Å². The second-order valence-corrected chi connectivity index (χ2v) is 5.01. The predicted octanol–water partition coefficient (Wildman–Crippen LogP) is 4.35. The number of amides is 1. The molecule has 110 valence electrons. The minimum Gasteiger partial charge on any atom is -0.504 e. The van der Waals surface area contributed by atoms with Gasteiger partial charge >= 0.3 is 0 Å². The fourth-order valence-electron chi connectivity index (χ4n) is 1.79. The first-order chi connectivity index (χ1) is 10.0. The molecule has 0 saturated carbocycles. The van der Waals surface area contributed by atoms with Crippen LogP contribution in [0, 0.1) is 0 Å². The van der Waals surface area contributed by atoms with Crippen molar-refractivity contribution in [2.24, 2.45) is 0 Å². The van der Waals surface area contributed by atoms with Gasteiger partial charge in [0, 0.05) is 5.02 Å². The second-order valence-electron chi connectivity index (χ2n) is 4.17. The van der Waals surface area contributed by atoms with Gasteiger partial charge < -0.3 is 15.2 Å². The molecule has 2 aromatic carbocycles. The number of anilines is 1. The second kappa shape index (κ2) is 6.70. The molecule has 2 aromatic rings. The summed E-state index contributed by atoms with van der Waals surface area (Å²) in [6.45, 7) is 2.27. The first-order valence-corrected chi connectivity index (χ1v) is 6.99. The molecule has 0 saturated heterocycles. The SMILES string of the molecule is CCOc1ccccc1C(=O)Nc1cc(Cl)cc(Cl)c1O. The third kappa shape index (κ3) is 3.60. The van der Waals surface area contributed by atoms with E-state index in [0.29, 0.717) is 22.9 Å². The minimum absolute atomic E-state index is 0.0656. The van der Waals surface area contributed by atoms with Gasteiger partial charge in [0.1, 0.15) is 5.75 Å². The molecule has 0 aliphatic carbocycles. The molecule has 1 amide bonds. The van der Waals surface area contributed by atoms with Crippen molar-refractivity contribution in [3.8, 4) is 11.5 Å². The molecule has 0 fully saturated rings. The maximum Gasteiger partial charge on any atom is 0.259 e. The van der Waals surface area contributed by atoms with E-state index in [1.54, 1.807) is 24.3 Å². The fourth-order valence-corrected chi connectivity index (χ4v) is 2.28. The van der Waals surface area contributed by atoms with Crippen molar-refractivity contribution in [2.45, 2.75) is 6.92 Å². The monoisotopic (exact) mass is 325 g/mol. The maximum atomic E-state index is 12.3. The van der Waals surface area contributed by atoms with Crippen LogP contribution in [0.2, 0.25) is 10.0 Å². The summed E-state index contributed by atoms with van der Waals surface area (Å²) in [4.78, 5) is 12.3. The number of halogens is 2. The molecule has 0 spiro atoms. The Kier molecular flexibility index (Phi) is 4.94. The van der Waals surface area contributed by atoms with Crippen LogP contribution in [-0.2, 0) is 0 Å². The molecule has 0 aliphatic rings. The third-order valence-corrected chi connectivity index (χ3v) is 3.21. The highest BCUT2D eigenvalue weighted by Gasteiger charge is 2.15. The zero-order chi connectivity index (χ0) is 15.4. The standard InChI is InChI=1S/C15H13Cl2NO3/c1-2-21-13-6-4-3-5-10(13)15(20)18-12-8-9(16)7-11(17)14(12)19/h3-8,19H,2H2,1H3,(H,18,20). The van der Waals surface area contributed by atoms with Crippen molar-refractivity contribution in [1.29, 1.82) is 0 Å². The Bertz CT molecular complexity index is 674. The van der Waals surface area contributed by atoms with Gasteiger partial charge in [0.15, 0.2) is 5.75 Å². The smallest absolute Gasteiger partial charge is 0.259 e. The van der Waals surface area contributed by atoms with Crippen molar-refractivity contribution in [2.75, 3.05) is 11.9 Å². The Balaban J connectivity index is 2.31. The molecule has 0 atom stereocenters. The van der Waals surface area contributed by atoms with Crippen LogP contribution in [0.1, 0.15) is 17.3 Å². The zero-order valence-electron chi connectivity index (χ0n) is 11.2. The average Bonchev–Trinajstić information content (AvgIpc) is 2.45. The van der Waals surface area contributed by atoms with Gasteiger partial charge in [0.25, 0.3) is 5.91 Å². The number of carbonyl (C=O) groups excluding carboxylic acids is 1. The van der Waals surface area contributed by atoms with E-state index < -0.39 is 5.91 Å². The van der Waals surface area contributed by atoms with E-state index >= 15 is 0 Å². The van der Waals surface area contributed by atoms with Gasteiger partial charge in [-0.05, 0) is 31.2 Å². The molecule has 6 heteroatoms. The van der Waals surface area contributed by atoms with Gasteiger partial charge in [0.05, 0.1) is 22.9 Å². The summed E-state index contributed by atoms with van der Waals surface area (Å²) in [5.74, 6) is -0.193. The Morgan fingerprint density at radius 1 is 1.29 bits per heavy atom. The summed E-state index contributed by atoms with van der Waals surface area (Å²) in [6, 6.07) is 9.64. The number of ether oxygens (including phenoxy) is 1. The molecule has 4 nitrogen and oxygen atoms in total. The number of phenolic OH excluding ortho intramolecular Hbond substituents is 1. The van der Waals surface area contributed by atoms with Gasteiger partial charge in [-0.25, -0.2) is 0 Å². The molecule has 0 heterocycles. The van der Waals surface area contributed by atoms with Crippen LogP contribution in [-0.4, -0.2) is 17.6 Å². The molecular weight excluding hydrogens is 313 g/mol. The maximum absolute atomic E-state index is 12.3. The summed E-state index contributed by atoms with van der Waals surface area (Å²) in [5, 5.41) is 12.8. The largest absolute Gasteiger partial charge is 0.504 e. The number of para-hydroxylation sites is 1. The first-order valence-electron chi connectivity index (χ1n) is 6.24. The van der Waals surface area contributed by atoms with Crippen LogP contribution in [0.5, 0.6) is 11.5 Å². The Hall–Kier alpha value is -1.91. The molecule has 21 heavy (non-hydrogen) atoms. The number of nitrogens with one attached hydrogen (secondary N) is 1. The molecule has 2 N–H and O–H groups in total. The summed E-state index contributed by atoms with van der Waals surface area (Å²) in [6.07, 6.45) is 0. The number of hydrogen-bond donors (Lipinski definition) is 2. The fraction of sp³-hybridized carbons (Fsp3) is 0.133. The van der Waals surface area contributed by atoms with Crippen LogP contribution in [0.15, 0.2) is 36.4 Å². The van der Waals surface area contributed by atoms with E-state index in [-0.39, 0.29) is 16.5 Å². The first kappa shape index (κ1) is 15.5. The Morgan fingerprint density at radius 3 is 2.71 bits per heavy atom. The van der Waals surface area contributed by atoms with Crippen molar-refractivity contribution in [1.82, 2.24) is 0 Å². The summed E-state index contributed by atoms with van der Waals surface area (Å²) in [5.41, 5.74) is 0.499. The highest BCUT2D eigenvalue weighted by molar-refractivity contribution is 6.36. The molecule has 0 unspecified atom stereocenters. The van der Waals surface area contributed by atoms with Gasteiger partial charge in [-0.2, -0.15) is 0 Å². The molecule has 2 rings (SSSR count). The molecule has 0 aliphatic heterocycles. The zero-order valence-corrected chi connectivity index (χ0v) is 12.7. The lowest BCUT2D eigenvalue weighted by Gasteiger charge is -2.12. The number of benzene rings is 2. The van der Waals surface area contributed by atoms with E-state index in [1.165, 1.54) is 12.1 Å². The van der Waals surface area contributed by atoms with Gasteiger partial charge in [-0.1, -0.05) is 35.3 Å². The van der Waals surface area contributed by atoms with Crippen LogP contribution in [0.25, 0.3) is 0 Å². The number of hydrogen-bond acceptors (Lipinski definition) is 3. The topological polar surface area (TPSA) is 58.6 Å². The molecule has 0 radical (unpaired) electrons. The van der Waals surface area contributed by atoms with Crippen LogP contribution >= 0.6 is 23.2 Å². The van der Waals surface area contributed by atoms with E-state index in [2.05, 4.69) is 5.32 Å². The highest BCUT2D eigenvalue weighted by atomic mass is 35.5. The number of carbonyl (C=O) groups is 1. The quantitative estimate of drug-likeness (QED) is 0.821. The summed E-state index contributed by atoms with van der Waals surface area (Å²) < 4.78 is 5.40. The lowest BCUT2D eigenvalue weighted by atomic mass is 10.1. The summed E-state index contributed by atoms with van der Waals surface area (Å²) >= 11 is 11.7. The molecule has 0 aromatic heterocycles. The number of aromatic hydroxyl groups is 1. The normalized spacial score (nSPS) is 10.2. The molecular formula is C15H13Cl2NO3. The van der Waals surface area contributed by atoms with Crippen LogP contribution in [0.3, 0.4) is 0 Å². The number of phenols is 1. The van der Waals surface area contributed by atoms with E-state index in [0.717, 1.165) is 0 Å². The van der Waals surface area contributed by atoms with E-state index in [1.807, 2.05) is 6.92 Å². The Morgan fingerprint density at radius 2 is 2.00 bits per heavy atom. The summed E-state index contributed by atoms with van der Waals surface area (Å²) in [7, 11) is 0. The average molecular weight is 326 g/mol. The van der Waals surface area contributed by atoms with Crippen LogP contribution < -0.4 is 10.1 Å². The van der Waals surface area contributed by atoms with E-state index in [9.17, 15) is 9.90 Å². The van der Waals surface area contributed by atoms with Crippen molar-refractivity contribution in [3.63, 3.8) is 0 Å². The minimum atomic E-state index is -0.423. The highest BCUT2D eigenvalue weighted by Crippen LogP contribution is 2.35. The van der Waals surface area contributed by atoms with Gasteiger partial charge in [0.2, 0.25) is 0 Å². The number of rotatable bonds is 4. The van der Waals surface area contributed by atoms with Crippen molar-refractivity contribution < 1.29 is 14.6 Å².